The second-order valence-electron chi connectivity index (χ2n) is 6.10. The quantitative estimate of drug-likeness (QED) is 0.742. The molecule has 1 aromatic heterocycles. The number of nitrogens with one attached hydrogen (secondary N) is 1. The number of halogens is 1. The number of para-hydroxylation sites is 1. The molecule has 0 saturated heterocycles. The summed E-state index contributed by atoms with van der Waals surface area (Å²) in [5.74, 6) is -0.0176. The summed E-state index contributed by atoms with van der Waals surface area (Å²) in [6.07, 6.45) is 0.517. The van der Waals surface area contributed by atoms with Crippen molar-refractivity contribution in [3.63, 3.8) is 0 Å². The first kappa shape index (κ1) is 15.7. The third kappa shape index (κ3) is 2.57. The standard InChI is InChI=1S/C19H16ClN3O2/c1-23-16-5-3-2-4-13(16)18(24)17(19(23)25)15-10-14(21-22-15)11-6-8-12(20)9-7-11/h2-9,14,21,24H,10H2,1H3/t14-/m0/s1. The van der Waals surface area contributed by atoms with E-state index in [0.29, 0.717) is 28.1 Å². The van der Waals surface area contributed by atoms with Crippen molar-refractivity contribution in [1.82, 2.24) is 9.99 Å². The SMILES string of the molecule is Cn1c(=O)c(C2=NN[C@H](c3ccc(Cl)cc3)C2)c(O)c2ccccc21. The summed E-state index contributed by atoms with van der Waals surface area (Å²) < 4.78 is 1.54. The van der Waals surface area contributed by atoms with E-state index in [1.54, 1.807) is 17.7 Å². The van der Waals surface area contributed by atoms with Gasteiger partial charge >= 0.3 is 0 Å². The molecule has 25 heavy (non-hydrogen) atoms. The van der Waals surface area contributed by atoms with Gasteiger partial charge in [-0.1, -0.05) is 35.9 Å². The van der Waals surface area contributed by atoms with Crippen LogP contribution in [0.3, 0.4) is 0 Å². The van der Waals surface area contributed by atoms with Crippen molar-refractivity contribution in [2.75, 3.05) is 0 Å². The van der Waals surface area contributed by atoms with Gasteiger partial charge in [0, 0.05) is 23.9 Å². The minimum atomic E-state index is -0.256. The van der Waals surface area contributed by atoms with Crippen LogP contribution >= 0.6 is 11.6 Å². The predicted octanol–water partition coefficient (Wildman–Crippen LogP) is 3.34. The number of aryl methyl sites for hydroxylation is 1. The topological polar surface area (TPSA) is 66.6 Å². The molecule has 0 unspecified atom stereocenters. The highest BCUT2D eigenvalue weighted by molar-refractivity contribution is 6.30. The first-order valence-corrected chi connectivity index (χ1v) is 8.32. The molecule has 0 radical (unpaired) electrons. The molecule has 1 aliphatic rings. The molecule has 0 spiro atoms. The van der Waals surface area contributed by atoms with Gasteiger partial charge in [-0.2, -0.15) is 5.10 Å². The number of aromatic hydroxyl groups is 1. The van der Waals surface area contributed by atoms with Gasteiger partial charge < -0.3 is 15.1 Å². The van der Waals surface area contributed by atoms with Crippen LogP contribution in [0.2, 0.25) is 5.02 Å². The summed E-state index contributed by atoms with van der Waals surface area (Å²) in [5.41, 5.74) is 5.32. The highest BCUT2D eigenvalue weighted by Crippen LogP contribution is 2.31. The van der Waals surface area contributed by atoms with E-state index in [1.165, 1.54) is 0 Å². The fraction of sp³-hybridized carbons (Fsp3) is 0.158. The maximum absolute atomic E-state index is 12.8. The average Bonchev–Trinajstić information content (AvgIpc) is 3.10. The Labute approximate surface area is 149 Å². The first-order valence-electron chi connectivity index (χ1n) is 7.95. The molecule has 2 aromatic carbocycles. The van der Waals surface area contributed by atoms with Gasteiger partial charge in [0.05, 0.1) is 17.3 Å². The lowest BCUT2D eigenvalue weighted by molar-refractivity contribution is 0.478. The number of aromatic nitrogens is 1. The van der Waals surface area contributed by atoms with Crippen LogP contribution < -0.4 is 11.0 Å². The van der Waals surface area contributed by atoms with Crippen molar-refractivity contribution in [3.05, 3.63) is 75.0 Å². The van der Waals surface area contributed by atoms with Crippen molar-refractivity contribution in [2.45, 2.75) is 12.5 Å². The van der Waals surface area contributed by atoms with Gasteiger partial charge in [0.2, 0.25) is 0 Å². The van der Waals surface area contributed by atoms with Crippen LogP contribution in [0.15, 0.2) is 58.4 Å². The maximum atomic E-state index is 12.8. The molecule has 6 heteroatoms. The third-order valence-electron chi connectivity index (χ3n) is 4.59. The van der Waals surface area contributed by atoms with E-state index in [-0.39, 0.29) is 22.9 Å². The Morgan fingerprint density at radius 2 is 1.92 bits per heavy atom. The maximum Gasteiger partial charge on any atom is 0.263 e. The molecule has 0 saturated carbocycles. The molecule has 2 heterocycles. The zero-order valence-corrected chi connectivity index (χ0v) is 14.3. The van der Waals surface area contributed by atoms with E-state index in [1.807, 2.05) is 42.5 Å². The van der Waals surface area contributed by atoms with Crippen molar-refractivity contribution in [3.8, 4) is 5.75 Å². The van der Waals surface area contributed by atoms with Crippen LogP contribution in [0.5, 0.6) is 5.75 Å². The Hall–Kier alpha value is -2.79. The van der Waals surface area contributed by atoms with Gasteiger partial charge in [-0.15, -0.1) is 0 Å². The Balaban J connectivity index is 1.76. The molecule has 4 rings (SSSR count). The molecule has 0 fully saturated rings. The van der Waals surface area contributed by atoms with Gasteiger partial charge in [-0.25, -0.2) is 0 Å². The third-order valence-corrected chi connectivity index (χ3v) is 4.84. The zero-order valence-electron chi connectivity index (χ0n) is 13.5. The molecule has 0 bridgehead atoms. The Morgan fingerprint density at radius 3 is 2.68 bits per heavy atom. The lowest BCUT2D eigenvalue weighted by Crippen LogP contribution is -2.24. The van der Waals surface area contributed by atoms with Gasteiger partial charge in [-0.05, 0) is 29.8 Å². The first-order chi connectivity index (χ1) is 12.1. The number of rotatable bonds is 2. The summed E-state index contributed by atoms with van der Waals surface area (Å²) in [5, 5.41) is 16.3. The summed E-state index contributed by atoms with van der Waals surface area (Å²) in [7, 11) is 1.70. The average molecular weight is 354 g/mol. The van der Waals surface area contributed by atoms with E-state index in [9.17, 15) is 9.90 Å². The summed E-state index contributed by atoms with van der Waals surface area (Å²) >= 11 is 5.93. The highest BCUT2D eigenvalue weighted by Gasteiger charge is 2.27. The second-order valence-corrected chi connectivity index (χ2v) is 6.54. The zero-order chi connectivity index (χ0) is 17.6. The van der Waals surface area contributed by atoms with Crippen molar-refractivity contribution in [1.29, 1.82) is 0 Å². The normalized spacial score (nSPS) is 16.7. The Kier molecular flexibility index (Phi) is 3.73. The van der Waals surface area contributed by atoms with E-state index in [4.69, 9.17) is 11.6 Å². The molecular weight excluding hydrogens is 338 g/mol. The minimum Gasteiger partial charge on any atom is -0.506 e. The van der Waals surface area contributed by atoms with Crippen molar-refractivity contribution >= 4 is 28.2 Å². The van der Waals surface area contributed by atoms with Crippen LogP contribution in [0.4, 0.5) is 0 Å². The van der Waals surface area contributed by atoms with Crippen LogP contribution in [-0.4, -0.2) is 15.4 Å². The van der Waals surface area contributed by atoms with Gasteiger partial charge in [-0.3, -0.25) is 4.79 Å². The lowest BCUT2D eigenvalue weighted by Gasteiger charge is -2.12. The fourth-order valence-corrected chi connectivity index (χ4v) is 3.35. The van der Waals surface area contributed by atoms with E-state index < -0.39 is 0 Å². The van der Waals surface area contributed by atoms with Crippen molar-refractivity contribution < 1.29 is 5.11 Å². The fourth-order valence-electron chi connectivity index (χ4n) is 3.23. The lowest BCUT2D eigenvalue weighted by atomic mass is 9.98. The molecule has 1 atom stereocenters. The van der Waals surface area contributed by atoms with Gasteiger partial charge in [0.25, 0.3) is 5.56 Å². The number of benzene rings is 2. The van der Waals surface area contributed by atoms with Crippen LogP contribution in [0.25, 0.3) is 10.9 Å². The van der Waals surface area contributed by atoms with Gasteiger partial charge in [0.1, 0.15) is 11.3 Å². The molecule has 5 nitrogen and oxygen atoms in total. The number of nitrogens with zero attached hydrogens (tertiary/aromatic N) is 2. The number of hydrazone groups is 1. The minimum absolute atomic E-state index is 0.0176. The van der Waals surface area contributed by atoms with Crippen LogP contribution in [-0.2, 0) is 7.05 Å². The van der Waals surface area contributed by atoms with Crippen LogP contribution in [0.1, 0.15) is 23.6 Å². The molecule has 1 aliphatic heterocycles. The van der Waals surface area contributed by atoms with E-state index in [2.05, 4.69) is 10.5 Å². The Morgan fingerprint density at radius 1 is 1.20 bits per heavy atom. The number of hydrogen-bond donors (Lipinski definition) is 2. The highest BCUT2D eigenvalue weighted by atomic mass is 35.5. The van der Waals surface area contributed by atoms with Gasteiger partial charge in [0.15, 0.2) is 0 Å². The molecule has 0 amide bonds. The summed E-state index contributed by atoms with van der Waals surface area (Å²) in [6, 6.07) is 14.7. The summed E-state index contributed by atoms with van der Waals surface area (Å²) in [6.45, 7) is 0. The second kappa shape index (κ2) is 5.93. The molecular formula is C19H16ClN3O2. The monoisotopic (exact) mass is 353 g/mol. The van der Waals surface area contributed by atoms with Crippen LogP contribution in [0, 0.1) is 0 Å². The predicted molar refractivity (Wildman–Crippen MR) is 99.3 cm³/mol. The molecule has 126 valence electrons. The largest absolute Gasteiger partial charge is 0.506 e. The summed E-state index contributed by atoms with van der Waals surface area (Å²) in [4.78, 5) is 12.8. The van der Waals surface area contributed by atoms with Crippen molar-refractivity contribution in [2.24, 2.45) is 12.1 Å². The number of fused-ring (bicyclic) bond motifs is 1. The molecule has 0 aliphatic carbocycles. The molecule has 2 N–H and O–H groups in total. The Bertz CT molecular complexity index is 1050. The number of hydrogen-bond acceptors (Lipinski definition) is 4. The van der Waals surface area contributed by atoms with E-state index in [0.717, 1.165) is 5.56 Å². The smallest absolute Gasteiger partial charge is 0.263 e. The van der Waals surface area contributed by atoms with E-state index >= 15 is 0 Å². The number of pyridine rings is 1. The molecule has 3 aromatic rings.